The molecule has 0 aromatic heterocycles. The van der Waals surface area contributed by atoms with Gasteiger partial charge in [0.25, 0.3) is 10.0 Å². The summed E-state index contributed by atoms with van der Waals surface area (Å²) in [4.78, 5) is 0.0143. The first kappa shape index (κ1) is 15.7. The van der Waals surface area contributed by atoms with E-state index >= 15 is 0 Å². The van der Waals surface area contributed by atoms with Gasteiger partial charge in [-0.05, 0) is 42.8 Å². The third-order valence-corrected chi connectivity index (χ3v) is 4.78. The summed E-state index contributed by atoms with van der Waals surface area (Å²) in [6.07, 6.45) is 0. The molecule has 0 spiro atoms. The smallest absolute Gasteiger partial charge is 0.264 e. The number of hydrogen-bond donors (Lipinski definition) is 2. The van der Waals surface area contributed by atoms with Crippen LogP contribution in [0.15, 0.2) is 45.8 Å². The maximum absolute atomic E-state index is 12.5. The molecule has 21 heavy (non-hydrogen) atoms. The molecule has 7 heteroatoms. The molecule has 3 N–H and O–H groups in total. The molecule has 0 saturated heterocycles. The summed E-state index contributed by atoms with van der Waals surface area (Å²) in [5.41, 5.74) is 7.22. The molecule has 2 aromatic carbocycles. The molecule has 0 aliphatic heterocycles. The van der Waals surface area contributed by atoms with Gasteiger partial charge in [0.1, 0.15) is 10.6 Å². The number of rotatable bonds is 4. The number of sulfonamides is 1. The average molecular weight is 371 g/mol. The van der Waals surface area contributed by atoms with Gasteiger partial charge >= 0.3 is 0 Å². The fourth-order valence-corrected chi connectivity index (χ4v) is 3.57. The standard InChI is InChI=1S/C14H15BrN2O3S/c1-9-3-6-13(20-2)12(7-9)17-21(18,19)14-8-10(15)4-5-11(14)16/h3-8,17H,16H2,1-2H3. The first-order valence-electron chi connectivity index (χ1n) is 6.06. The fraction of sp³-hybridized carbons (Fsp3) is 0.143. The van der Waals surface area contributed by atoms with Gasteiger partial charge in [0.05, 0.1) is 18.5 Å². The first-order chi connectivity index (χ1) is 9.83. The quantitative estimate of drug-likeness (QED) is 0.809. The normalized spacial score (nSPS) is 11.2. The predicted molar refractivity (Wildman–Crippen MR) is 87.1 cm³/mol. The minimum Gasteiger partial charge on any atom is -0.495 e. The lowest BCUT2D eigenvalue weighted by atomic mass is 10.2. The van der Waals surface area contributed by atoms with Gasteiger partial charge in [-0.25, -0.2) is 8.42 Å². The van der Waals surface area contributed by atoms with Crippen LogP contribution in [0.3, 0.4) is 0 Å². The Morgan fingerprint density at radius 3 is 2.57 bits per heavy atom. The van der Waals surface area contributed by atoms with Crippen molar-refractivity contribution in [2.75, 3.05) is 17.6 Å². The summed E-state index contributed by atoms with van der Waals surface area (Å²) in [7, 11) is -2.32. The van der Waals surface area contributed by atoms with Gasteiger partial charge in [0.15, 0.2) is 0 Å². The highest BCUT2D eigenvalue weighted by atomic mass is 79.9. The summed E-state index contributed by atoms with van der Waals surface area (Å²) < 4.78 is 33.3. The van der Waals surface area contributed by atoms with Crippen LogP contribution in [0.1, 0.15) is 5.56 Å². The van der Waals surface area contributed by atoms with Crippen LogP contribution in [0.2, 0.25) is 0 Å². The molecule has 0 amide bonds. The molecule has 2 aromatic rings. The lowest BCUT2D eigenvalue weighted by molar-refractivity contribution is 0.417. The molecule has 0 bridgehead atoms. The molecule has 0 unspecified atom stereocenters. The molecule has 0 aliphatic carbocycles. The van der Waals surface area contributed by atoms with Crippen molar-refractivity contribution in [3.8, 4) is 5.75 Å². The molecule has 0 aliphatic rings. The van der Waals surface area contributed by atoms with E-state index in [0.717, 1.165) is 5.56 Å². The number of methoxy groups -OCH3 is 1. The minimum atomic E-state index is -3.80. The summed E-state index contributed by atoms with van der Waals surface area (Å²) in [5.74, 6) is 0.442. The summed E-state index contributed by atoms with van der Waals surface area (Å²) in [6, 6.07) is 9.92. The zero-order valence-corrected chi connectivity index (χ0v) is 14.0. The van der Waals surface area contributed by atoms with Crippen molar-refractivity contribution < 1.29 is 13.2 Å². The molecule has 0 atom stereocenters. The lowest BCUT2D eigenvalue weighted by Crippen LogP contribution is -2.15. The van der Waals surface area contributed by atoms with Crippen LogP contribution < -0.4 is 15.2 Å². The third-order valence-electron chi connectivity index (χ3n) is 2.86. The van der Waals surface area contributed by atoms with Crippen molar-refractivity contribution in [2.24, 2.45) is 0 Å². The van der Waals surface area contributed by atoms with Crippen molar-refractivity contribution in [1.29, 1.82) is 0 Å². The Hall–Kier alpha value is -1.73. The minimum absolute atomic E-state index is 0.0143. The van der Waals surface area contributed by atoms with Gasteiger partial charge in [-0.2, -0.15) is 0 Å². The Bertz CT molecular complexity index is 776. The maximum Gasteiger partial charge on any atom is 0.264 e. The topological polar surface area (TPSA) is 81.4 Å². The maximum atomic E-state index is 12.5. The number of nitrogens with one attached hydrogen (secondary N) is 1. The van der Waals surface area contributed by atoms with Crippen molar-refractivity contribution in [2.45, 2.75) is 11.8 Å². The molecular formula is C14H15BrN2O3S. The van der Waals surface area contributed by atoms with Crippen molar-refractivity contribution in [3.63, 3.8) is 0 Å². The highest BCUT2D eigenvalue weighted by Crippen LogP contribution is 2.30. The molecular weight excluding hydrogens is 356 g/mol. The fourth-order valence-electron chi connectivity index (χ4n) is 1.84. The molecule has 0 radical (unpaired) electrons. The Kier molecular flexibility index (Phi) is 4.43. The van der Waals surface area contributed by atoms with Crippen LogP contribution in [-0.2, 0) is 10.0 Å². The van der Waals surface area contributed by atoms with Gasteiger partial charge in [-0.3, -0.25) is 4.72 Å². The highest BCUT2D eigenvalue weighted by molar-refractivity contribution is 9.10. The summed E-state index contributed by atoms with van der Waals surface area (Å²) >= 11 is 3.24. The van der Waals surface area contributed by atoms with Crippen LogP contribution in [0, 0.1) is 6.92 Å². The monoisotopic (exact) mass is 370 g/mol. The Labute approximate surface area is 132 Å². The second-order valence-electron chi connectivity index (χ2n) is 4.49. The summed E-state index contributed by atoms with van der Waals surface area (Å²) in [5, 5.41) is 0. The van der Waals surface area contributed by atoms with Crippen LogP contribution in [0.25, 0.3) is 0 Å². The van der Waals surface area contributed by atoms with Gasteiger partial charge in [-0.1, -0.05) is 22.0 Å². The van der Waals surface area contributed by atoms with E-state index in [4.69, 9.17) is 10.5 Å². The summed E-state index contributed by atoms with van der Waals surface area (Å²) in [6.45, 7) is 1.87. The van der Waals surface area contributed by atoms with E-state index in [1.807, 2.05) is 13.0 Å². The van der Waals surface area contributed by atoms with E-state index in [0.29, 0.717) is 15.9 Å². The van der Waals surface area contributed by atoms with E-state index in [1.54, 1.807) is 18.2 Å². The Morgan fingerprint density at radius 1 is 1.19 bits per heavy atom. The van der Waals surface area contributed by atoms with E-state index in [9.17, 15) is 8.42 Å². The third kappa shape index (κ3) is 3.48. The molecule has 0 saturated carbocycles. The number of hydrogen-bond acceptors (Lipinski definition) is 4. The number of anilines is 2. The van der Waals surface area contributed by atoms with Gasteiger partial charge in [-0.15, -0.1) is 0 Å². The molecule has 5 nitrogen and oxygen atoms in total. The number of benzene rings is 2. The number of nitrogens with two attached hydrogens (primary N) is 1. The van der Waals surface area contributed by atoms with E-state index < -0.39 is 10.0 Å². The first-order valence-corrected chi connectivity index (χ1v) is 8.33. The van der Waals surface area contributed by atoms with Gasteiger partial charge < -0.3 is 10.5 Å². The Balaban J connectivity index is 2.47. The van der Waals surface area contributed by atoms with Crippen molar-refractivity contribution in [1.82, 2.24) is 0 Å². The Morgan fingerprint density at radius 2 is 1.90 bits per heavy atom. The lowest BCUT2D eigenvalue weighted by Gasteiger charge is -2.14. The van der Waals surface area contributed by atoms with E-state index in [1.165, 1.54) is 19.2 Å². The van der Waals surface area contributed by atoms with E-state index in [-0.39, 0.29) is 10.6 Å². The zero-order chi connectivity index (χ0) is 15.6. The average Bonchev–Trinajstić information content (AvgIpc) is 2.41. The molecule has 112 valence electrons. The number of nitrogen functional groups attached to an aromatic ring is 1. The van der Waals surface area contributed by atoms with E-state index in [2.05, 4.69) is 20.7 Å². The van der Waals surface area contributed by atoms with Crippen LogP contribution >= 0.6 is 15.9 Å². The van der Waals surface area contributed by atoms with Gasteiger partial charge in [0.2, 0.25) is 0 Å². The van der Waals surface area contributed by atoms with Gasteiger partial charge in [0, 0.05) is 4.47 Å². The number of ether oxygens (including phenoxy) is 1. The SMILES string of the molecule is COc1ccc(C)cc1NS(=O)(=O)c1cc(Br)ccc1N. The second kappa shape index (κ2) is 5.95. The van der Waals surface area contributed by atoms with Crippen molar-refractivity contribution >= 4 is 37.3 Å². The largest absolute Gasteiger partial charge is 0.495 e. The van der Waals surface area contributed by atoms with Crippen LogP contribution in [-0.4, -0.2) is 15.5 Å². The van der Waals surface area contributed by atoms with Crippen LogP contribution in [0.5, 0.6) is 5.75 Å². The molecule has 2 rings (SSSR count). The predicted octanol–water partition coefficient (Wildman–Crippen LogP) is 3.15. The number of halogens is 1. The molecule has 0 heterocycles. The second-order valence-corrected chi connectivity index (χ2v) is 7.06. The molecule has 0 fully saturated rings. The zero-order valence-electron chi connectivity index (χ0n) is 11.6. The number of aryl methyl sites for hydroxylation is 1. The highest BCUT2D eigenvalue weighted by Gasteiger charge is 2.19. The van der Waals surface area contributed by atoms with Crippen molar-refractivity contribution in [3.05, 3.63) is 46.4 Å². The van der Waals surface area contributed by atoms with Crippen LogP contribution in [0.4, 0.5) is 11.4 Å².